The number of carbonyl (C=O) groups is 1. The van der Waals surface area contributed by atoms with Gasteiger partial charge in [0.2, 0.25) is 0 Å². The molecule has 2 spiro atoms. The first-order valence-electron chi connectivity index (χ1n) is 11.6. The third-order valence-electron chi connectivity index (χ3n) is 7.90. The predicted octanol–water partition coefficient (Wildman–Crippen LogP) is 3.10. The van der Waals surface area contributed by atoms with E-state index in [2.05, 4.69) is 30.0 Å². The number of hydrogen-bond donors (Lipinski definition) is 1. The Kier molecular flexibility index (Phi) is 4.05. The molecule has 1 unspecified atom stereocenters. The molecule has 3 fully saturated rings. The quantitative estimate of drug-likeness (QED) is 0.772. The molecule has 2 aliphatic heterocycles. The van der Waals surface area contributed by atoms with Crippen LogP contribution >= 0.6 is 0 Å². The number of carbonyl (C=O) groups excluding carboxylic acids is 1. The maximum atomic E-state index is 14.1. The van der Waals surface area contributed by atoms with Crippen molar-refractivity contribution in [1.29, 1.82) is 0 Å². The first-order chi connectivity index (χ1) is 14.6. The number of hydrogen-bond acceptors (Lipinski definition) is 4. The first kappa shape index (κ1) is 18.4. The Bertz CT molecular complexity index is 989. The lowest BCUT2D eigenvalue weighted by molar-refractivity contribution is -0.140. The summed E-state index contributed by atoms with van der Waals surface area (Å²) in [6.07, 6.45) is 9.99. The lowest BCUT2D eigenvalue weighted by Gasteiger charge is -2.43. The van der Waals surface area contributed by atoms with Gasteiger partial charge in [-0.1, -0.05) is 37.2 Å². The monoisotopic (exact) mass is 403 g/mol. The Morgan fingerprint density at radius 3 is 2.70 bits per heavy atom. The number of aliphatic imine (C=N–C) groups is 1. The fourth-order valence-corrected chi connectivity index (χ4v) is 6.01. The average Bonchev–Trinajstić information content (AvgIpc) is 3.46. The zero-order valence-electron chi connectivity index (χ0n) is 17.5. The summed E-state index contributed by atoms with van der Waals surface area (Å²) in [7, 11) is 0. The van der Waals surface area contributed by atoms with Crippen LogP contribution in [0.15, 0.2) is 23.2 Å². The van der Waals surface area contributed by atoms with Crippen molar-refractivity contribution in [1.82, 2.24) is 4.90 Å². The first-order valence-corrected chi connectivity index (χ1v) is 11.6. The molecule has 0 aromatic heterocycles. The second-order valence-electron chi connectivity index (χ2n) is 9.81. The molecule has 3 aliphatic carbocycles. The molecule has 5 heteroatoms. The van der Waals surface area contributed by atoms with Crippen molar-refractivity contribution in [3.8, 4) is 11.8 Å². The molecule has 5 nitrogen and oxygen atoms in total. The van der Waals surface area contributed by atoms with Crippen LogP contribution in [0.3, 0.4) is 0 Å². The molecule has 5 aliphatic rings. The number of nitrogens with zero attached hydrogens (tertiary/aromatic N) is 2. The number of rotatable bonds is 2. The summed E-state index contributed by atoms with van der Waals surface area (Å²) in [6, 6.07) is 6.45. The third-order valence-corrected chi connectivity index (χ3v) is 7.90. The molecule has 1 saturated heterocycles. The Labute approximate surface area is 178 Å². The zero-order chi connectivity index (χ0) is 20.3. The molecule has 0 bridgehead atoms. The lowest BCUT2D eigenvalue weighted by Crippen LogP contribution is -2.53. The van der Waals surface area contributed by atoms with Crippen LogP contribution in [0.4, 0.5) is 0 Å². The topological polar surface area (TPSA) is 67.9 Å². The number of nitrogens with two attached hydrogens (primary N) is 1. The van der Waals surface area contributed by atoms with Crippen LogP contribution in [-0.4, -0.2) is 36.0 Å². The Morgan fingerprint density at radius 1 is 1.20 bits per heavy atom. The van der Waals surface area contributed by atoms with E-state index in [4.69, 9.17) is 15.5 Å². The minimum Gasteiger partial charge on any atom is -0.376 e. The zero-order valence-corrected chi connectivity index (χ0v) is 17.5. The second kappa shape index (κ2) is 6.59. The highest BCUT2D eigenvalue weighted by molar-refractivity contribution is 6.08. The van der Waals surface area contributed by atoms with Gasteiger partial charge in [-0.2, -0.15) is 0 Å². The van der Waals surface area contributed by atoms with Crippen molar-refractivity contribution in [2.45, 2.75) is 69.4 Å². The van der Waals surface area contributed by atoms with E-state index in [0.717, 1.165) is 56.3 Å². The van der Waals surface area contributed by atoms with E-state index in [1.54, 1.807) is 4.90 Å². The van der Waals surface area contributed by atoms with Crippen LogP contribution in [0.5, 0.6) is 0 Å². The minimum atomic E-state index is -0.881. The minimum absolute atomic E-state index is 0.0588. The molecule has 2 heterocycles. The fourth-order valence-electron chi connectivity index (χ4n) is 6.01. The van der Waals surface area contributed by atoms with Crippen molar-refractivity contribution in [2.75, 3.05) is 13.2 Å². The summed E-state index contributed by atoms with van der Waals surface area (Å²) in [5.74, 6) is 7.68. The van der Waals surface area contributed by atoms with E-state index in [0.29, 0.717) is 18.4 Å². The second-order valence-corrected chi connectivity index (χ2v) is 9.81. The standard InChI is InChI=1S/C25H29N3O2/c26-23-27-25(22(29)28(23)16-20-10-13-30-20)21-14-18(7-6-17-4-5-17)8-9-19(21)15-24(25)11-2-1-3-12-24/h8-9,14,17,20H,1-5,10-13,15-16H2,(H2,26,27)/t20?,25-/m0/s1. The molecule has 0 radical (unpaired) electrons. The van der Waals surface area contributed by atoms with Crippen molar-refractivity contribution < 1.29 is 9.53 Å². The van der Waals surface area contributed by atoms with Gasteiger partial charge < -0.3 is 10.5 Å². The summed E-state index contributed by atoms with van der Waals surface area (Å²) in [4.78, 5) is 20.8. The van der Waals surface area contributed by atoms with E-state index < -0.39 is 5.54 Å². The van der Waals surface area contributed by atoms with Crippen LogP contribution in [-0.2, 0) is 21.5 Å². The maximum Gasteiger partial charge on any atom is 0.262 e. The summed E-state index contributed by atoms with van der Waals surface area (Å²) >= 11 is 0. The summed E-state index contributed by atoms with van der Waals surface area (Å²) < 4.78 is 5.60. The molecule has 156 valence electrons. The maximum absolute atomic E-state index is 14.1. The number of ether oxygens (including phenoxy) is 1. The normalized spacial score (nSPS) is 31.3. The van der Waals surface area contributed by atoms with E-state index in [1.165, 1.54) is 24.8 Å². The van der Waals surface area contributed by atoms with Gasteiger partial charge in [-0.15, -0.1) is 0 Å². The smallest absolute Gasteiger partial charge is 0.262 e. The van der Waals surface area contributed by atoms with Crippen molar-refractivity contribution in [3.63, 3.8) is 0 Å². The van der Waals surface area contributed by atoms with Crippen LogP contribution in [0.2, 0.25) is 0 Å². The molecule has 2 atom stereocenters. The van der Waals surface area contributed by atoms with Gasteiger partial charge in [0, 0.05) is 23.5 Å². The third kappa shape index (κ3) is 2.59. The number of guanidine groups is 1. The number of fused-ring (bicyclic) bond motifs is 3. The highest BCUT2D eigenvalue weighted by Crippen LogP contribution is 2.61. The van der Waals surface area contributed by atoms with E-state index >= 15 is 0 Å². The lowest BCUT2D eigenvalue weighted by atomic mass is 9.62. The SMILES string of the molecule is NC1=N[C@]2(C(=O)N1CC1CCO1)c1cc(C#CC3CC3)ccc1CC21CCCCC1. The van der Waals surface area contributed by atoms with Gasteiger partial charge in [0.1, 0.15) is 0 Å². The van der Waals surface area contributed by atoms with Crippen LogP contribution in [0.1, 0.15) is 68.1 Å². The number of benzene rings is 1. The van der Waals surface area contributed by atoms with Gasteiger partial charge in [-0.25, -0.2) is 4.99 Å². The number of amides is 1. The molecule has 2 saturated carbocycles. The van der Waals surface area contributed by atoms with E-state index in [1.807, 2.05) is 0 Å². The van der Waals surface area contributed by atoms with E-state index in [-0.39, 0.29) is 17.4 Å². The van der Waals surface area contributed by atoms with Gasteiger partial charge in [-0.05, 0) is 61.8 Å². The molecule has 30 heavy (non-hydrogen) atoms. The van der Waals surface area contributed by atoms with Crippen LogP contribution in [0.25, 0.3) is 0 Å². The Hall–Kier alpha value is -2.32. The fraction of sp³-hybridized carbons (Fsp3) is 0.600. The predicted molar refractivity (Wildman–Crippen MR) is 115 cm³/mol. The average molecular weight is 404 g/mol. The van der Waals surface area contributed by atoms with Gasteiger partial charge in [-0.3, -0.25) is 9.69 Å². The van der Waals surface area contributed by atoms with Gasteiger partial charge in [0.25, 0.3) is 5.91 Å². The highest BCUT2D eigenvalue weighted by Gasteiger charge is 2.66. The Morgan fingerprint density at radius 2 is 2.00 bits per heavy atom. The van der Waals surface area contributed by atoms with Gasteiger partial charge in [0.05, 0.1) is 12.6 Å². The van der Waals surface area contributed by atoms with Crippen molar-refractivity contribution in [2.24, 2.45) is 22.1 Å². The molecule has 1 amide bonds. The summed E-state index contributed by atoms with van der Waals surface area (Å²) in [5, 5.41) is 0. The van der Waals surface area contributed by atoms with Crippen molar-refractivity contribution in [3.05, 3.63) is 34.9 Å². The largest absolute Gasteiger partial charge is 0.376 e. The molecule has 1 aromatic rings. The molecular weight excluding hydrogens is 374 g/mol. The van der Waals surface area contributed by atoms with Crippen molar-refractivity contribution >= 4 is 11.9 Å². The molecule has 1 aromatic carbocycles. The summed E-state index contributed by atoms with van der Waals surface area (Å²) in [5.41, 5.74) is 8.67. The van der Waals surface area contributed by atoms with Crippen LogP contribution < -0.4 is 5.73 Å². The van der Waals surface area contributed by atoms with Gasteiger partial charge in [0.15, 0.2) is 11.5 Å². The molecule has 6 rings (SSSR count). The van der Waals surface area contributed by atoms with E-state index in [9.17, 15) is 4.79 Å². The Balaban J connectivity index is 1.45. The van der Waals surface area contributed by atoms with Crippen LogP contribution in [0, 0.1) is 23.2 Å². The summed E-state index contributed by atoms with van der Waals surface area (Å²) in [6.45, 7) is 1.28. The molecular formula is C25H29N3O2. The molecule has 2 N–H and O–H groups in total. The van der Waals surface area contributed by atoms with Gasteiger partial charge >= 0.3 is 0 Å². The highest BCUT2D eigenvalue weighted by atomic mass is 16.5.